The topological polar surface area (TPSA) is 36.9 Å². The van der Waals surface area contributed by atoms with E-state index < -0.39 is 0 Å². The Bertz CT molecular complexity index is 994. The first-order chi connectivity index (χ1) is 23.4. The number of ether oxygens (including phenoxy) is 4. The van der Waals surface area contributed by atoms with E-state index in [0.717, 1.165) is 73.1 Å². The van der Waals surface area contributed by atoms with Gasteiger partial charge in [-0.1, -0.05) is 62.8 Å². The second-order valence-corrected chi connectivity index (χ2v) is 14.4. The molecule has 0 heterocycles. The highest BCUT2D eigenvalue weighted by molar-refractivity contribution is 5.33. The summed E-state index contributed by atoms with van der Waals surface area (Å²) in [5, 5.41) is 0. The van der Waals surface area contributed by atoms with E-state index in [-0.39, 0.29) is 48.0 Å². The number of unbranched alkanes of at least 4 members (excludes halogenated alkanes) is 11. The highest BCUT2D eigenvalue weighted by Crippen LogP contribution is 2.24. The van der Waals surface area contributed by atoms with Crippen molar-refractivity contribution in [3.63, 3.8) is 0 Å². The van der Waals surface area contributed by atoms with Crippen LogP contribution in [0.5, 0.6) is 11.5 Å². The third-order valence-electron chi connectivity index (χ3n) is 10.3. The summed E-state index contributed by atoms with van der Waals surface area (Å²) in [6, 6.07) is 16.9. The summed E-state index contributed by atoms with van der Waals surface area (Å²) >= 11 is 0. The predicted molar refractivity (Wildman–Crippen MR) is 203 cm³/mol. The summed E-state index contributed by atoms with van der Waals surface area (Å²) in [5.41, 5.74) is 2.62. The van der Waals surface area contributed by atoms with E-state index in [2.05, 4.69) is 76.5 Å². The van der Waals surface area contributed by atoms with Crippen molar-refractivity contribution in [1.29, 1.82) is 0 Å². The van der Waals surface area contributed by atoms with Crippen LogP contribution < -0.4 is 57.4 Å². The average Bonchev–Trinajstić information content (AvgIpc) is 3.11. The molecule has 2 aromatic carbocycles. The monoisotopic (exact) mass is 924 g/mol. The fourth-order valence-electron chi connectivity index (χ4n) is 6.61. The molecule has 0 radical (unpaired) electrons. The van der Waals surface area contributed by atoms with Crippen molar-refractivity contribution in [1.82, 2.24) is 0 Å². The lowest BCUT2D eigenvalue weighted by molar-refractivity contribution is -0.921. The van der Waals surface area contributed by atoms with E-state index in [1.807, 2.05) is 0 Å². The Morgan fingerprint density at radius 2 is 0.740 bits per heavy atom. The van der Waals surface area contributed by atoms with E-state index in [0.29, 0.717) is 0 Å². The van der Waals surface area contributed by atoms with Crippen LogP contribution in [0.2, 0.25) is 0 Å². The van der Waals surface area contributed by atoms with Gasteiger partial charge in [0, 0.05) is 37.6 Å². The maximum absolute atomic E-state index is 5.93. The minimum Gasteiger partial charge on any atom is -1.00 e. The quantitative estimate of drug-likeness (QED) is 0.0656. The Kier molecular flexibility index (Phi) is 30.4. The van der Waals surface area contributed by atoms with Crippen molar-refractivity contribution in [2.75, 3.05) is 80.9 Å². The molecule has 50 heavy (non-hydrogen) atoms. The number of quaternary nitrogens is 2. The van der Waals surface area contributed by atoms with Gasteiger partial charge in [0.1, 0.15) is 24.6 Å². The van der Waals surface area contributed by atoms with Crippen LogP contribution in [-0.4, -0.2) is 89.9 Å². The standard InChI is InChI=1S/C42H74N2O4.2HI/c1-7-43(3,37-39-27-17-19-29-41(39)45-5)31-21-11-15-25-35-47-33-23-13-9-10-14-24-34-48-36-26-16-12-22-32-44(4,8-2)38-40-28-18-20-30-42(40)46-6;;/h17-20,27-30H,7-16,21-26,31-38H2,1-6H3;2*1H/q+2;;/p-2. The van der Waals surface area contributed by atoms with Gasteiger partial charge in [0.2, 0.25) is 0 Å². The van der Waals surface area contributed by atoms with Crippen molar-refractivity contribution in [3.8, 4) is 11.5 Å². The molecule has 2 atom stereocenters. The molecule has 6 nitrogen and oxygen atoms in total. The van der Waals surface area contributed by atoms with Crippen LogP contribution >= 0.6 is 0 Å². The lowest BCUT2D eigenvalue weighted by Gasteiger charge is -2.34. The lowest BCUT2D eigenvalue weighted by Crippen LogP contribution is -3.00. The van der Waals surface area contributed by atoms with Crippen LogP contribution in [0.4, 0.5) is 0 Å². The van der Waals surface area contributed by atoms with Gasteiger partial charge in [-0.05, 0) is 89.5 Å². The van der Waals surface area contributed by atoms with E-state index >= 15 is 0 Å². The SMILES string of the molecule is CC[N+](C)(CCCCCCOCCCCCCCCOCCCCCC[N+](C)(CC)Cc1ccccc1OC)Cc1ccccc1OC.[I-].[I-]. The van der Waals surface area contributed by atoms with E-state index in [4.69, 9.17) is 18.9 Å². The molecule has 8 heteroatoms. The number of hydrogen-bond donors (Lipinski definition) is 0. The minimum atomic E-state index is 0. The van der Waals surface area contributed by atoms with Crippen molar-refractivity contribution >= 4 is 0 Å². The van der Waals surface area contributed by atoms with Gasteiger partial charge in [-0.3, -0.25) is 0 Å². The van der Waals surface area contributed by atoms with E-state index in [9.17, 15) is 0 Å². The Labute approximate surface area is 342 Å². The smallest absolute Gasteiger partial charge is 0.127 e. The Hall–Kier alpha value is -0.660. The normalized spacial score (nSPS) is 13.5. The summed E-state index contributed by atoms with van der Waals surface area (Å²) in [5.74, 6) is 2.02. The summed E-state index contributed by atoms with van der Waals surface area (Å²) in [4.78, 5) is 0. The number of nitrogens with zero attached hydrogens (tertiary/aromatic N) is 2. The fraction of sp³-hybridized carbons (Fsp3) is 0.714. The predicted octanol–water partition coefficient (Wildman–Crippen LogP) is 3.84. The highest BCUT2D eigenvalue weighted by atomic mass is 127. The first kappa shape index (κ1) is 49.3. The van der Waals surface area contributed by atoms with Crippen LogP contribution in [0.3, 0.4) is 0 Å². The number of para-hydroxylation sites is 2. The zero-order valence-electron chi connectivity index (χ0n) is 32.9. The van der Waals surface area contributed by atoms with Gasteiger partial charge in [0.05, 0.1) is 54.5 Å². The van der Waals surface area contributed by atoms with Crippen molar-refractivity contribution < 1.29 is 75.9 Å². The Balaban J connectivity index is 0.0000120. The molecule has 0 fully saturated rings. The number of rotatable bonds is 31. The van der Waals surface area contributed by atoms with Gasteiger partial charge in [0.25, 0.3) is 0 Å². The maximum atomic E-state index is 5.93. The molecular weight excluding hydrogens is 850 g/mol. The first-order valence-electron chi connectivity index (χ1n) is 19.4. The molecule has 0 aliphatic rings. The van der Waals surface area contributed by atoms with Crippen LogP contribution in [0.1, 0.15) is 115 Å². The molecule has 0 saturated carbocycles. The molecule has 0 aliphatic carbocycles. The zero-order chi connectivity index (χ0) is 34.8. The Morgan fingerprint density at radius 3 is 1.06 bits per heavy atom. The van der Waals surface area contributed by atoms with Gasteiger partial charge in [-0.25, -0.2) is 0 Å². The lowest BCUT2D eigenvalue weighted by atomic mass is 10.1. The largest absolute Gasteiger partial charge is 1.00 e. The first-order valence-corrected chi connectivity index (χ1v) is 19.4. The molecule has 0 spiro atoms. The van der Waals surface area contributed by atoms with Crippen molar-refractivity contribution in [3.05, 3.63) is 59.7 Å². The summed E-state index contributed by atoms with van der Waals surface area (Å²) in [6.45, 7) is 15.1. The molecule has 2 aromatic rings. The Morgan fingerprint density at radius 1 is 0.440 bits per heavy atom. The van der Waals surface area contributed by atoms with Gasteiger partial charge in [-0.2, -0.15) is 0 Å². The number of methoxy groups -OCH3 is 2. The maximum Gasteiger partial charge on any atom is 0.127 e. The van der Waals surface area contributed by atoms with Crippen molar-refractivity contribution in [2.45, 2.75) is 117 Å². The molecule has 290 valence electrons. The van der Waals surface area contributed by atoms with Crippen LogP contribution in [-0.2, 0) is 22.6 Å². The zero-order valence-corrected chi connectivity index (χ0v) is 37.2. The molecule has 0 saturated heterocycles. The molecular formula is C42H74I2N2O4. The molecule has 0 N–H and O–H groups in total. The second kappa shape index (κ2) is 30.8. The third-order valence-corrected chi connectivity index (χ3v) is 10.3. The van der Waals surface area contributed by atoms with Crippen LogP contribution in [0, 0.1) is 0 Å². The third kappa shape index (κ3) is 21.8. The molecule has 0 aromatic heterocycles. The number of hydrogen-bond acceptors (Lipinski definition) is 4. The summed E-state index contributed by atoms with van der Waals surface area (Å²) in [7, 11) is 8.29. The second-order valence-electron chi connectivity index (χ2n) is 14.4. The van der Waals surface area contributed by atoms with Gasteiger partial charge in [0.15, 0.2) is 0 Å². The summed E-state index contributed by atoms with van der Waals surface area (Å²) < 4.78 is 25.1. The van der Waals surface area contributed by atoms with Crippen LogP contribution in [0.15, 0.2) is 48.5 Å². The summed E-state index contributed by atoms with van der Waals surface area (Å²) in [6.07, 6.45) is 17.6. The average molecular weight is 925 g/mol. The van der Waals surface area contributed by atoms with Crippen LogP contribution in [0.25, 0.3) is 0 Å². The fourth-order valence-corrected chi connectivity index (χ4v) is 6.61. The van der Waals surface area contributed by atoms with Gasteiger partial charge >= 0.3 is 0 Å². The number of halogens is 2. The van der Waals surface area contributed by atoms with Gasteiger partial charge in [-0.15, -0.1) is 0 Å². The van der Waals surface area contributed by atoms with Gasteiger partial charge < -0.3 is 75.9 Å². The molecule has 0 bridgehead atoms. The van der Waals surface area contributed by atoms with E-state index in [1.54, 1.807) is 14.2 Å². The van der Waals surface area contributed by atoms with Crippen molar-refractivity contribution in [2.24, 2.45) is 0 Å². The number of benzene rings is 2. The molecule has 2 rings (SSSR count). The minimum absolute atomic E-state index is 0. The highest BCUT2D eigenvalue weighted by Gasteiger charge is 2.22. The molecule has 2 unspecified atom stereocenters. The molecule has 0 aliphatic heterocycles. The molecule has 0 amide bonds. The van der Waals surface area contributed by atoms with E-state index in [1.165, 1.54) is 114 Å².